The summed E-state index contributed by atoms with van der Waals surface area (Å²) in [5.41, 5.74) is 3.87. The highest BCUT2D eigenvalue weighted by atomic mass is 15.3. The van der Waals surface area contributed by atoms with Crippen LogP contribution in [0.5, 0.6) is 0 Å². The zero-order valence-corrected chi connectivity index (χ0v) is 12.2. The zero-order valence-electron chi connectivity index (χ0n) is 12.2. The molecule has 2 atom stereocenters. The van der Waals surface area contributed by atoms with Crippen LogP contribution in [0.1, 0.15) is 49.2 Å². The first-order chi connectivity index (χ1) is 9.11. The van der Waals surface area contributed by atoms with E-state index in [0.29, 0.717) is 12.1 Å². The third-order valence-electron chi connectivity index (χ3n) is 3.64. The SMILES string of the molecule is CCC(NC(C)c1ccnn1C)c1ccc(C)cc1. The van der Waals surface area contributed by atoms with E-state index in [0.717, 1.165) is 6.42 Å². The van der Waals surface area contributed by atoms with Crippen molar-refractivity contribution in [1.29, 1.82) is 0 Å². The minimum absolute atomic E-state index is 0.291. The van der Waals surface area contributed by atoms with Gasteiger partial charge in [0.15, 0.2) is 0 Å². The van der Waals surface area contributed by atoms with Crippen molar-refractivity contribution in [1.82, 2.24) is 15.1 Å². The van der Waals surface area contributed by atoms with Gasteiger partial charge in [-0.3, -0.25) is 4.68 Å². The molecule has 0 bridgehead atoms. The minimum atomic E-state index is 0.291. The van der Waals surface area contributed by atoms with E-state index < -0.39 is 0 Å². The third-order valence-corrected chi connectivity index (χ3v) is 3.64. The molecule has 2 aromatic rings. The molecule has 1 N–H and O–H groups in total. The lowest BCUT2D eigenvalue weighted by atomic mass is 10.0. The summed E-state index contributed by atoms with van der Waals surface area (Å²) in [6.07, 6.45) is 2.92. The van der Waals surface area contributed by atoms with Gasteiger partial charge in [0.2, 0.25) is 0 Å². The Morgan fingerprint density at radius 3 is 2.42 bits per heavy atom. The summed E-state index contributed by atoms with van der Waals surface area (Å²) in [6, 6.07) is 11.5. The lowest BCUT2D eigenvalue weighted by molar-refractivity contribution is 0.438. The van der Waals surface area contributed by atoms with E-state index >= 15 is 0 Å². The normalized spacial score (nSPS) is 14.3. The molecule has 19 heavy (non-hydrogen) atoms. The van der Waals surface area contributed by atoms with E-state index in [4.69, 9.17) is 0 Å². The number of nitrogens with one attached hydrogen (secondary N) is 1. The van der Waals surface area contributed by atoms with E-state index in [1.807, 2.05) is 17.9 Å². The second-order valence-corrected chi connectivity index (χ2v) is 5.14. The van der Waals surface area contributed by atoms with Crippen molar-refractivity contribution in [2.24, 2.45) is 7.05 Å². The van der Waals surface area contributed by atoms with Gasteiger partial charge < -0.3 is 5.32 Å². The standard InChI is InChI=1S/C16H23N3/c1-5-15(14-8-6-12(2)7-9-14)18-13(3)16-10-11-17-19(16)4/h6-11,13,15,18H,5H2,1-4H3. The summed E-state index contributed by atoms with van der Waals surface area (Å²) < 4.78 is 1.93. The highest BCUT2D eigenvalue weighted by molar-refractivity contribution is 5.24. The van der Waals surface area contributed by atoms with Gasteiger partial charge in [-0.25, -0.2) is 0 Å². The van der Waals surface area contributed by atoms with Crippen molar-refractivity contribution in [2.45, 2.75) is 39.3 Å². The maximum atomic E-state index is 4.23. The zero-order chi connectivity index (χ0) is 13.8. The van der Waals surface area contributed by atoms with Crippen LogP contribution < -0.4 is 5.32 Å². The van der Waals surface area contributed by atoms with Gasteiger partial charge >= 0.3 is 0 Å². The van der Waals surface area contributed by atoms with E-state index in [9.17, 15) is 0 Å². The fourth-order valence-corrected chi connectivity index (χ4v) is 2.44. The molecule has 0 radical (unpaired) electrons. The fourth-order valence-electron chi connectivity index (χ4n) is 2.44. The molecule has 2 rings (SSSR count). The summed E-state index contributed by atoms with van der Waals surface area (Å²) in [5.74, 6) is 0. The number of benzene rings is 1. The number of rotatable bonds is 5. The Labute approximate surface area is 115 Å². The first-order valence-electron chi connectivity index (χ1n) is 6.92. The molecular weight excluding hydrogens is 234 g/mol. The Morgan fingerprint density at radius 2 is 1.89 bits per heavy atom. The maximum absolute atomic E-state index is 4.23. The molecule has 3 heteroatoms. The van der Waals surface area contributed by atoms with Crippen molar-refractivity contribution in [2.75, 3.05) is 0 Å². The van der Waals surface area contributed by atoms with Crippen molar-refractivity contribution in [3.05, 3.63) is 53.3 Å². The van der Waals surface area contributed by atoms with Gasteiger partial charge in [0.25, 0.3) is 0 Å². The quantitative estimate of drug-likeness (QED) is 0.888. The molecule has 1 aromatic heterocycles. The molecule has 0 spiro atoms. The van der Waals surface area contributed by atoms with Gasteiger partial charge in [-0.05, 0) is 31.9 Å². The highest BCUT2D eigenvalue weighted by Crippen LogP contribution is 2.22. The van der Waals surface area contributed by atoms with Gasteiger partial charge in [-0.15, -0.1) is 0 Å². The molecule has 1 aromatic carbocycles. The minimum Gasteiger partial charge on any atom is -0.302 e. The molecule has 0 saturated heterocycles. The molecule has 0 aliphatic rings. The number of hydrogen-bond donors (Lipinski definition) is 1. The van der Waals surface area contributed by atoms with Gasteiger partial charge in [-0.2, -0.15) is 5.10 Å². The lowest BCUT2D eigenvalue weighted by Gasteiger charge is -2.23. The predicted molar refractivity (Wildman–Crippen MR) is 79.0 cm³/mol. The molecule has 0 fully saturated rings. The average Bonchev–Trinajstić information content (AvgIpc) is 2.83. The Hall–Kier alpha value is -1.61. The fraction of sp³-hybridized carbons (Fsp3) is 0.438. The number of nitrogens with zero attached hydrogens (tertiary/aromatic N) is 2. The van der Waals surface area contributed by atoms with Crippen LogP contribution in [0.3, 0.4) is 0 Å². The van der Waals surface area contributed by atoms with Crippen LogP contribution in [0, 0.1) is 6.92 Å². The first-order valence-corrected chi connectivity index (χ1v) is 6.92. The highest BCUT2D eigenvalue weighted by Gasteiger charge is 2.15. The Balaban J connectivity index is 2.11. The second kappa shape index (κ2) is 6.02. The summed E-state index contributed by atoms with van der Waals surface area (Å²) in [5, 5.41) is 7.92. The molecule has 0 amide bonds. The smallest absolute Gasteiger partial charge is 0.0547 e. The molecule has 2 unspecified atom stereocenters. The molecule has 1 heterocycles. The monoisotopic (exact) mass is 257 g/mol. The topological polar surface area (TPSA) is 29.9 Å². The van der Waals surface area contributed by atoms with Crippen molar-refractivity contribution >= 4 is 0 Å². The van der Waals surface area contributed by atoms with E-state index in [-0.39, 0.29) is 0 Å². The van der Waals surface area contributed by atoms with E-state index in [1.54, 1.807) is 0 Å². The second-order valence-electron chi connectivity index (χ2n) is 5.14. The Morgan fingerprint density at radius 1 is 1.21 bits per heavy atom. The van der Waals surface area contributed by atoms with Crippen molar-refractivity contribution < 1.29 is 0 Å². The predicted octanol–water partition coefficient (Wildman–Crippen LogP) is 3.53. The number of aryl methyl sites for hydroxylation is 2. The van der Waals surface area contributed by atoms with E-state index in [1.165, 1.54) is 16.8 Å². The van der Waals surface area contributed by atoms with Crippen LogP contribution in [0.15, 0.2) is 36.5 Å². The van der Waals surface area contributed by atoms with Crippen LogP contribution >= 0.6 is 0 Å². The van der Waals surface area contributed by atoms with Crippen molar-refractivity contribution in [3.63, 3.8) is 0 Å². The number of hydrogen-bond acceptors (Lipinski definition) is 2. The number of aromatic nitrogens is 2. The summed E-state index contributed by atoms with van der Waals surface area (Å²) >= 11 is 0. The van der Waals surface area contributed by atoms with Gasteiger partial charge in [0.1, 0.15) is 0 Å². The van der Waals surface area contributed by atoms with Gasteiger partial charge in [0.05, 0.1) is 5.69 Å². The van der Waals surface area contributed by atoms with Crippen LogP contribution in [0.25, 0.3) is 0 Å². The molecular formula is C16H23N3. The first kappa shape index (κ1) is 13.8. The molecule has 0 aliphatic carbocycles. The van der Waals surface area contributed by atoms with Gasteiger partial charge in [-0.1, -0.05) is 36.8 Å². The third kappa shape index (κ3) is 3.24. The summed E-state index contributed by atoms with van der Waals surface area (Å²) in [7, 11) is 1.99. The van der Waals surface area contributed by atoms with Crippen LogP contribution in [-0.4, -0.2) is 9.78 Å². The summed E-state index contributed by atoms with van der Waals surface area (Å²) in [6.45, 7) is 6.53. The summed E-state index contributed by atoms with van der Waals surface area (Å²) in [4.78, 5) is 0. The van der Waals surface area contributed by atoms with Gasteiger partial charge in [0, 0.05) is 25.3 Å². The Kier molecular flexibility index (Phi) is 4.38. The Bertz CT molecular complexity index is 513. The largest absolute Gasteiger partial charge is 0.302 e. The maximum Gasteiger partial charge on any atom is 0.0547 e. The molecule has 0 saturated carbocycles. The molecule has 102 valence electrons. The van der Waals surface area contributed by atoms with Crippen molar-refractivity contribution in [3.8, 4) is 0 Å². The van der Waals surface area contributed by atoms with E-state index in [2.05, 4.69) is 61.5 Å². The lowest BCUT2D eigenvalue weighted by Crippen LogP contribution is -2.25. The van der Waals surface area contributed by atoms with Crippen LogP contribution in [-0.2, 0) is 7.05 Å². The van der Waals surface area contributed by atoms with Crippen LogP contribution in [0.2, 0.25) is 0 Å². The molecule has 3 nitrogen and oxygen atoms in total. The molecule has 0 aliphatic heterocycles. The van der Waals surface area contributed by atoms with Crippen LogP contribution in [0.4, 0.5) is 0 Å². The average molecular weight is 257 g/mol.